The van der Waals surface area contributed by atoms with Gasteiger partial charge in [0, 0.05) is 18.6 Å². The van der Waals surface area contributed by atoms with E-state index < -0.39 is 10.0 Å². The van der Waals surface area contributed by atoms with Crippen LogP contribution in [-0.2, 0) is 10.0 Å². The van der Waals surface area contributed by atoms with Gasteiger partial charge in [0.2, 0.25) is 10.0 Å². The molecule has 6 heteroatoms. The summed E-state index contributed by atoms with van der Waals surface area (Å²) in [4.78, 5) is 0. The molecule has 1 fully saturated rings. The molecule has 0 aromatic heterocycles. The normalized spacial score (nSPS) is 20.7. The van der Waals surface area contributed by atoms with Gasteiger partial charge in [0.15, 0.2) is 0 Å². The van der Waals surface area contributed by atoms with Crippen LogP contribution in [-0.4, -0.2) is 43.8 Å². The molecular weight excluding hydrogens is 256 g/mol. The van der Waals surface area contributed by atoms with Crippen LogP contribution in [0.1, 0.15) is 33.6 Å². The van der Waals surface area contributed by atoms with Crippen LogP contribution >= 0.6 is 11.8 Å². The first-order valence-corrected chi connectivity index (χ1v) is 8.94. The molecule has 2 N–H and O–H groups in total. The van der Waals surface area contributed by atoms with Crippen molar-refractivity contribution in [3.05, 3.63) is 0 Å². The number of thioether (sulfide) groups is 1. The van der Waals surface area contributed by atoms with Crippen LogP contribution < -0.4 is 10.0 Å². The molecule has 0 aromatic rings. The van der Waals surface area contributed by atoms with E-state index in [1.807, 2.05) is 25.6 Å². The lowest BCUT2D eigenvalue weighted by atomic mass is 10.2. The lowest BCUT2D eigenvalue weighted by Gasteiger charge is -2.24. The van der Waals surface area contributed by atoms with E-state index in [-0.39, 0.29) is 11.3 Å². The minimum absolute atomic E-state index is 0.141. The molecule has 0 bridgehead atoms. The van der Waals surface area contributed by atoms with Crippen molar-refractivity contribution in [3.8, 4) is 0 Å². The van der Waals surface area contributed by atoms with Gasteiger partial charge >= 0.3 is 0 Å². The predicted octanol–water partition coefficient (Wildman–Crippen LogP) is 1.19. The van der Waals surface area contributed by atoms with Gasteiger partial charge in [0.25, 0.3) is 0 Å². The third-order valence-electron chi connectivity index (χ3n) is 2.90. The quantitative estimate of drug-likeness (QED) is 0.767. The molecule has 17 heavy (non-hydrogen) atoms. The fourth-order valence-electron chi connectivity index (χ4n) is 1.68. The molecule has 0 aliphatic carbocycles. The lowest BCUT2D eigenvalue weighted by molar-refractivity contribution is 0.509. The summed E-state index contributed by atoms with van der Waals surface area (Å²) in [6.45, 7) is 6.31. The van der Waals surface area contributed by atoms with E-state index in [9.17, 15) is 8.42 Å². The molecule has 0 aromatic carbocycles. The third-order valence-corrected chi connectivity index (χ3v) is 5.83. The zero-order valence-corrected chi connectivity index (χ0v) is 12.5. The van der Waals surface area contributed by atoms with Gasteiger partial charge in [-0.05, 0) is 31.3 Å². The van der Waals surface area contributed by atoms with Crippen LogP contribution in [0.3, 0.4) is 0 Å². The van der Waals surface area contributed by atoms with Crippen LogP contribution in [0, 0.1) is 0 Å². The van der Waals surface area contributed by atoms with Crippen molar-refractivity contribution in [1.82, 2.24) is 10.0 Å². The average molecular weight is 280 g/mol. The highest BCUT2D eigenvalue weighted by Crippen LogP contribution is 2.18. The Bertz CT molecular complexity index is 311. The van der Waals surface area contributed by atoms with Crippen molar-refractivity contribution in [3.63, 3.8) is 0 Å². The smallest absolute Gasteiger partial charge is 0.215 e. The summed E-state index contributed by atoms with van der Waals surface area (Å²) >= 11 is 1.90. The summed E-state index contributed by atoms with van der Waals surface area (Å²) in [5, 5.41) is 2.79. The Morgan fingerprint density at radius 1 is 1.24 bits per heavy atom. The van der Waals surface area contributed by atoms with Gasteiger partial charge in [0.1, 0.15) is 0 Å². The van der Waals surface area contributed by atoms with Gasteiger partial charge in [-0.1, -0.05) is 13.8 Å². The third kappa shape index (κ3) is 5.59. The van der Waals surface area contributed by atoms with Crippen LogP contribution in [0.4, 0.5) is 0 Å². The first-order chi connectivity index (χ1) is 7.92. The molecule has 0 saturated carbocycles. The van der Waals surface area contributed by atoms with Crippen LogP contribution in [0.15, 0.2) is 0 Å². The fourth-order valence-corrected chi connectivity index (χ4v) is 4.03. The summed E-state index contributed by atoms with van der Waals surface area (Å²) in [5.74, 6) is 2.12. The van der Waals surface area contributed by atoms with E-state index in [0.717, 1.165) is 24.3 Å². The van der Waals surface area contributed by atoms with Crippen LogP contribution in [0.5, 0.6) is 0 Å². The first kappa shape index (κ1) is 15.3. The summed E-state index contributed by atoms with van der Waals surface area (Å²) in [6.07, 6.45) is 1.91. The SMILES string of the molecule is CC(C)NCC(C)S(=O)(=O)NC1CCSCC1. The molecule has 1 saturated heterocycles. The second-order valence-electron chi connectivity index (χ2n) is 4.92. The van der Waals surface area contributed by atoms with E-state index in [1.165, 1.54) is 0 Å². The Morgan fingerprint density at radius 2 is 1.82 bits per heavy atom. The summed E-state index contributed by atoms with van der Waals surface area (Å²) in [6, 6.07) is 0.460. The van der Waals surface area contributed by atoms with E-state index in [4.69, 9.17) is 0 Å². The Hall–Kier alpha value is 0.220. The topological polar surface area (TPSA) is 58.2 Å². The largest absolute Gasteiger partial charge is 0.313 e. The minimum atomic E-state index is -3.18. The molecule has 1 heterocycles. The van der Waals surface area contributed by atoms with E-state index in [0.29, 0.717) is 12.6 Å². The molecule has 1 unspecified atom stereocenters. The van der Waals surface area contributed by atoms with Gasteiger partial charge in [-0.25, -0.2) is 13.1 Å². The van der Waals surface area contributed by atoms with Crippen molar-refractivity contribution >= 4 is 21.8 Å². The highest BCUT2D eigenvalue weighted by Gasteiger charge is 2.25. The summed E-state index contributed by atoms with van der Waals surface area (Å²) in [7, 11) is -3.18. The molecule has 1 atom stereocenters. The molecule has 0 spiro atoms. The highest BCUT2D eigenvalue weighted by molar-refractivity contribution is 7.99. The average Bonchev–Trinajstić information content (AvgIpc) is 2.26. The molecule has 0 amide bonds. The van der Waals surface area contributed by atoms with Crippen LogP contribution in [0.2, 0.25) is 0 Å². The maximum absolute atomic E-state index is 12.1. The Morgan fingerprint density at radius 3 is 2.35 bits per heavy atom. The number of hydrogen-bond acceptors (Lipinski definition) is 4. The van der Waals surface area contributed by atoms with Gasteiger partial charge in [-0.3, -0.25) is 0 Å². The zero-order chi connectivity index (χ0) is 12.9. The summed E-state index contributed by atoms with van der Waals surface area (Å²) in [5.41, 5.74) is 0. The standard InChI is InChI=1S/C11H24N2O2S2/c1-9(2)12-8-10(3)17(14,15)13-11-4-6-16-7-5-11/h9-13H,4-8H2,1-3H3. The highest BCUT2D eigenvalue weighted by atomic mass is 32.2. The monoisotopic (exact) mass is 280 g/mol. The molecule has 1 aliphatic heterocycles. The molecular formula is C11H24N2O2S2. The molecule has 1 aliphatic rings. The molecule has 4 nitrogen and oxygen atoms in total. The Labute approximate surface area is 109 Å². The van der Waals surface area contributed by atoms with Gasteiger partial charge in [-0.15, -0.1) is 0 Å². The summed E-state index contributed by atoms with van der Waals surface area (Å²) < 4.78 is 26.9. The number of hydrogen-bond donors (Lipinski definition) is 2. The minimum Gasteiger partial charge on any atom is -0.313 e. The van der Waals surface area contributed by atoms with Crippen LogP contribution in [0.25, 0.3) is 0 Å². The lowest BCUT2D eigenvalue weighted by Crippen LogP contribution is -2.45. The molecule has 1 rings (SSSR count). The predicted molar refractivity (Wildman–Crippen MR) is 75.0 cm³/mol. The van der Waals surface area contributed by atoms with E-state index >= 15 is 0 Å². The number of nitrogens with one attached hydrogen (secondary N) is 2. The maximum Gasteiger partial charge on any atom is 0.215 e. The number of sulfonamides is 1. The maximum atomic E-state index is 12.1. The zero-order valence-electron chi connectivity index (χ0n) is 10.9. The van der Waals surface area contributed by atoms with Crippen molar-refractivity contribution in [2.45, 2.75) is 50.9 Å². The molecule has 0 radical (unpaired) electrons. The van der Waals surface area contributed by atoms with Crippen molar-refractivity contribution in [1.29, 1.82) is 0 Å². The number of rotatable bonds is 6. The van der Waals surface area contributed by atoms with E-state index in [2.05, 4.69) is 10.0 Å². The Balaban J connectivity index is 2.43. The van der Waals surface area contributed by atoms with Crippen molar-refractivity contribution < 1.29 is 8.42 Å². The second kappa shape index (κ2) is 6.97. The van der Waals surface area contributed by atoms with Gasteiger partial charge < -0.3 is 5.32 Å². The fraction of sp³-hybridized carbons (Fsp3) is 1.00. The molecule has 102 valence electrons. The van der Waals surface area contributed by atoms with Gasteiger partial charge in [0.05, 0.1) is 5.25 Å². The second-order valence-corrected chi connectivity index (χ2v) is 8.28. The van der Waals surface area contributed by atoms with Crippen molar-refractivity contribution in [2.75, 3.05) is 18.1 Å². The van der Waals surface area contributed by atoms with E-state index in [1.54, 1.807) is 6.92 Å². The Kier molecular flexibility index (Phi) is 6.26. The van der Waals surface area contributed by atoms with Gasteiger partial charge in [-0.2, -0.15) is 11.8 Å². The van der Waals surface area contributed by atoms with Crippen molar-refractivity contribution in [2.24, 2.45) is 0 Å². The first-order valence-electron chi connectivity index (χ1n) is 6.24.